The van der Waals surface area contributed by atoms with Crippen molar-refractivity contribution in [3.63, 3.8) is 0 Å². The van der Waals surface area contributed by atoms with E-state index in [1.807, 2.05) is 41.8 Å². The van der Waals surface area contributed by atoms with Crippen LogP contribution in [-0.4, -0.2) is 56.6 Å². The molecule has 2 amide bonds. The maximum atomic E-state index is 12.6. The summed E-state index contributed by atoms with van der Waals surface area (Å²) in [5.74, 6) is 0.718. The van der Waals surface area contributed by atoms with E-state index in [4.69, 9.17) is 4.74 Å². The second kappa shape index (κ2) is 8.77. The molecule has 8 heteroatoms. The predicted molar refractivity (Wildman–Crippen MR) is 95.3 cm³/mol. The number of benzene rings is 1. The highest BCUT2D eigenvalue weighted by atomic mass is 16.5. The Morgan fingerprint density at radius 3 is 3.00 bits per heavy atom. The van der Waals surface area contributed by atoms with Crippen LogP contribution in [-0.2, 0) is 17.8 Å². The third kappa shape index (κ3) is 4.39. The van der Waals surface area contributed by atoms with Gasteiger partial charge in [0.15, 0.2) is 5.82 Å². The van der Waals surface area contributed by atoms with E-state index in [0.29, 0.717) is 32.7 Å². The smallest absolute Gasteiger partial charge is 0.318 e. The number of amides is 2. The quantitative estimate of drug-likeness (QED) is 0.812. The molecule has 2 N–H and O–H groups in total. The van der Waals surface area contributed by atoms with Gasteiger partial charge in [-0.2, -0.15) is 0 Å². The number of hydrogen-bond acceptors (Lipinski definition) is 5. The van der Waals surface area contributed by atoms with Gasteiger partial charge in [-0.05, 0) is 12.5 Å². The van der Waals surface area contributed by atoms with Gasteiger partial charge in [-0.3, -0.25) is 0 Å². The molecule has 0 unspecified atom stereocenters. The Labute approximate surface area is 152 Å². The van der Waals surface area contributed by atoms with Gasteiger partial charge in [0.2, 0.25) is 0 Å². The molecule has 2 heterocycles. The van der Waals surface area contributed by atoms with Crippen molar-refractivity contribution in [1.82, 2.24) is 25.0 Å². The Kier molecular flexibility index (Phi) is 6.19. The van der Waals surface area contributed by atoms with Crippen LogP contribution in [0.2, 0.25) is 0 Å². The SMILES string of the molecule is CCn1cnnc1CNC(=O)N1CCOC[C@@H]1C[C@@H](O)c1ccccc1. The van der Waals surface area contributed by atoms with Crippen LogP contribution >= 0.6 is 0 Å². The van der Waals surface area contributed by atoms with E-state index in [1.54, 1.807) is 11.2 Å². The van der Waals surface area contributed by atoms with Gasteiger partial charge < -0.3 is 24.6 Å². The molecule has 0 spiro atoms. The molecule has 1 aromatic carbocycles. The second-order valence-electron chi connectivity index (χ2n) is 6.28. The van der Waals surface area contributed by atoms with Gasteiger partial charge in [0, 0.05) is 19.5 Å². The summed E-state index contributed by atoms with van der Waals surface area (Å²) in [6.07, 6.45) is 1.44. The number of hydrogen-bond donors (Lipinski definition) is 2. The average molecular weight is 359 g/mol. The van der Waals surface area contributed by atoms with Crippen molar-refractivity contribution in [2.75, 3.05) is 19.8 Å². The molecule has 140 valence electrons. The van der Waals surface area contributed by atoms with Crippen LogP contribution in [0.15, 0.2) is 36.7 Å². The number of aliphatic hydroxyl groups excluding tert-OH is 1. The van der Waals surface area contributed by atoms with Crippen molar-refractivity contribution in [2.45, 2.75) is 38.6 Å². The molecule has 1 aromatic heterocycles. The highest BCUT2D eigenvalue weighted by Crippen LogP contribution is 2.22. The molecule has 1 fully saturated rings. The largest absolute Gasteiger partial charge is 0.388 e. The van der Waals surface area contributed by atoms with Gasteiger partial charge in [0.1, 0.15) is 6.33 Å². The van der Waals surface area contributed by atoms with Crippen molar-refractivity contribution in [1.29, 1.82) is 0 Å². The summed E-state index contributed by atoms with van der Waals surface area (Å²) in [5.41, 5.74) is 0.842. The highest BCUT2D eigenvalue weighted by molar-refractivity contribution is 5.74. The monoisotopic (exact) mass is 359 g/mol. The van der Waals surface area contributed by atoms with Crippen molar-refractivity contribution in [3.05, 3.63) is 48.0 Å². The summed E-state index contributed by atoms with van der Waals surface area (Å²) in [4.78, 5) is 14.4. The summed E-state index contributed by atoms with van der Waals surface area (Å²) < 4.78 is 7.41. The lowest BCUT2D eigenvalue weighted by atomic mass is 10.0. The first-order valence-corrected chi connectivity index (χ1v) is 8.91. The van der Waals surface area contributed by atoms with E-state index in [0.717, 1.165) is 17.9 Å². The number of nitrogens with zero attached hydrogens (tertiary/aromatic N) is 4. The molecule has 8 nitrogen and oxygen atoms in total. The molecule has 0 radical (unpaired) electrons. The number of rotatable bonds is 6. The standard InChI is InChI=1S/C18H25N5O3/c1-2-22-13-20-21-17(22)11-19-18(25)23-8-9-26-12-15(23)10-16(24)14-6-4-3-5-7-14/h3-7,13,15-16,24H,2,8-12H2,1H3,(H,19,25)/t15-,16+/m0/s1. The molecule has 1 aliphatic rings. The number of carbonyl (C=O) groups is 1. The molecule has 2 atom stereocenters. The van der Waals surface area contributed by atoms with Crippen LogP contribution < -0.4 is 5.32 Å². The molecular formula is C18H25N5O3. The lowest BCUT2D eigenvalue weighted by Gasteiger charge is -2.36. The number of urea groups is 1. The van der Waals surface area contributed by atoms with Crippen LogP contribution in [0.5, 0.6) is 0 Å². The Balaban J connectivity index is 1.60. The van der Waals surface area contributed by atoms with Crippen LogP contribution in [0.25, 0.3) is 0 Å². The summed E-state index contributed by atoms with van der Waals surface area (Å²) >= 11 is 0. The molecule has 0 saturated carbocycles. The molecule has 2 aromatic rings. The summed E-state index contributed by atoms with van der Waals surface area (Å²) in [6.45, 7) is 4.48. The second-order valence-corrected chi connectivity index (χ2v) is 6.28. The number of morpholine rings is 1. The number of aliphatic hydroxyl groups is 1. The molecule has 1 saturated heterocycles. The van der Waals surface area contributed by atoms with E-state index in [9.17, 15) is 9.90 Å². The normalized spacial score (nSPS) is 18.5. The minimum Gasteiger partial charge on any atom is -0.388 e. The van der Waals surface area contributed by atoms with Crippen molar-refractivity contribution < 1.29 is 14.6 Å². The zero-order chi connectivity index (χ0) is 18.4. The fourth-order valence-corrected chi connectivity index (χ4v) is 3.12. The summed E-state index contributed by atoms with van der Waals surface area (Å²) in [7, 11) is 0. The Morgan fingerprint density at radius 2 is 2.23 bits per heavy atom. The first-order chi connectivity index (χ1) is 12.7. The zero-order valence-corrected chi connectivity index (χ0v) is 14.9. The van der Waals surface area contributed by atoms with Gasteiger partial charge in [0.25, 0.3) is 0 Å². The number of carbonyl (C=O) groups excluding carboxylic acids is 1. The average Bonchev–Trinajstić information content (AvgIpc) is 3.15. The molecule has 26 heavy (non-hydrogen) atoms. The Morgan fingerprint density at radius 1 is 1.42 bits per heavy atom. The first kappa shape index (κ1) is 18.3. The summed E-state index contributed by atoms with van der Waals surface area (Å²) in [5, 5.41) is 21.3. The minimum atomic E-state index is -0.638. The minimum absolute atomic E-state index is 0.177. The molecule has 0 aliphatic carbocycles. The lowest BCUT2D eigenvalue weighted by Crippen LogP contribution is -2.52. The topological polar surface area (TPSA) is 92.5 Å². The zero-order valence-electron chi connectivity index (χ0n) is 14.9. The van der Waals surface area contributed by atoms with Gasteiger partial charge in [0.05, 0.1) is 31.9 Å². The number of ether oxygens (including phenoxy) is 1. The van der Waals surface area contributed by atoms with Crippen molar-refractivity contribution in [3.8, 4) is 0 Å². The predicted octanol–water partition coefficient (Wildman–Crippen LogP) is 1.33. The maximum absolute atomic E-state index is 12.6. The Bertz CT molecular complexity index is 706. The number of nitrogens with one attached hydrogen (secondary N) is 1. The van der Waals surface area contributed by atoms with Crippen LogP contribution in [0.4, 0.5) is 4.79 Å². The third-order valence-corrected chi connectivity index (χ3v) is 4.60. The van der Waals surface area contributed by atoms with Crippen LogP contribution in [0.1, 0.15) is 30.8 Å². The van der Waals surface area contributed by atoms with Crippen LogP contribution in [0, 0.1) is 0 Å². The first-order valence-electron chi connectivity index (χ1n) is 8.91. The van der Waals surface area contributed by atoms with E-state index in [2.05, 4.69) is 15.5 Å². The van der Waals surface area contributed by atoms with E-state index in [1.165, 1.54) is 0 Å². The van der Waals surface area contributed by atoms with Gasteiger partial charge >= 0.3 is 6.03 Å². The van der Waals surface area contributed by atoms with Gasteiger partial charge in [-0.25, -0.2) is 4.79 Å². The molecular weight excluding hydrogens is 334 g/mol. The van der Waals surface area contributed by atoms with Gasteiger partial charge in [-0.15, -0.1) is 10.2 Å². The Hall–Kier alpha value is -2.45. The van der Waals surface area contributed by atoms with E-state index < -0.39 is 6.10 Å². The number of aromatic nitrogens is 3. The lowest BCUT2D eigenvalue weighted by molar-refractivity contribution is -0.00702. The van der Waals surface area contributed by atoms with Gasteiger partial charge in [-0.1, -0.05) is 30.3 Å². The van der Waals surface area contributed by atoms with E-state index >= 15 is 0 Å². The maximum Gasteiger partial charge on any atom is 0.318 e. The molecule has 0 bridgehead atoms. The van der Waals surface area contributed by atoms with E-state index in [-0.39, 0.29) is 12.1 Å². The van der Waals surface area contributed by atoms with Crippen molar-refractivity contribution >= 4 is 6.03 Å². The fraction of sp³-hybridized carbons (Fsp3) is 0.500. The molecule has 3 rings (SSSR count). The van der Waals surface area contributed by atoms with Crippen LogP contribution in [0.3, 0.4) is 0 Å². The highest BCUT2D eigenvalue weighted by Gasteiger charge is 2.29. The fourth-order valence-electron chi connectivity index (χ4n) is 3.12. The van der Waals surface area contributed by atoms with Crippen molar-refractivity contribution in [2.24, 2.45) is 0 Å². The summed E-state index contributed by atoms with van der Waals surface area (Å²) in [6, 6.07) is 9.11. The molecule has 1 aliphatic heterocycles. The third-order valence-electron chi connectivity index (χ3n) is 4.60. The number of aryl methyl sites for hydroxylation is 1.